The normalized spacial score (nSPS) is 16.1. The van der Waals surface area contributed by atoms with Gasteiger partial charge < -0.3 is 9.64 Å². The number of unbranched alkanes of at least 4 members (excludes halogenated alkanes) is 3. The van der Waals surface area contributed by atoms with Gasteiger partial charge in [0.15, 0.2) is 6.73 Å². The molecule has 3 heterocycles. The lowest BCUT2D eigenvalue weighted by molar-refractivity contribution is -0.132. The number of hydrogen-bond donors (Lipinski definition) is 0. The van der Waals surface area contributed by atoms with Gasteiger partial charge in [-0.05, 0) is 84.4 Å². The van der Waals surface area contributed by atoms with Gasteiger partial charge in [0.2, 0.25) is 0 Å². The number of ether oxygens (including phenoxy) is 1. The number of thiazole rings is 1. The van der Waals surface area contributed by atoms with Crippen LogP contribution in [0.4, 0.5) is 11.4 Å². The minimum atomic E-state index is -0.344. The molecule has 0 unspecified atom stereocenters. The number of aromatic nitrogens is 1. The molecule has 0 bridgehead atoms. The van der Waals surface area contributed by atoms with E-state index in [1.165, 1.54) is 62.6 Å². The third kappa shape index (κ3) is 7.51. The number of amides is 1. The molecule has 1 saturated heterocycles. The average molecular weight is 710 g/mol. The van der Waals surface area contributed by atoms with Gasteiger partial charge in [-0.2, -0.15) is 0 Å². The zero-order chi connectivity index (χ0) is 34.3. The van der Waals surface area contributed by atoms with E-state index in [2.05, 4.69) is 60.4 Å². The van der Waals surface area contributed by atoms with Crippen molar-refractivity contribution in [1.82, 2.24) is 9.47 Å². The standard InChI is InChI=1S/C39H39N3O4S3/c1-3-5-6-12-21-41-32-16-11-10-15-29(32)18-19-30-22-27(17-20-33(30)41)23-31(28-13-8-7-9-14-28)24-34-36(44)42(25-46-26-43)38(48-34)35-37(45)40(4-2)39(47)49-35/h7-11,13-17,20,22-24,26H,3-6,12,18-19,21,25H2,1-2H3/b31-23-,34-24+,38-35+. The van der Waals surface area contributed by atoms with Crippen LogP contribution in [-0.4, -0.2) is 39.3 Å². The van der Waals surface area contributed by atoms with E-state index in [1.807, 2.05) is 43.3 Å². The summed E-state index contributed by atoms with van der Waals surface area (Å²) in [7, 11) is 0. The zero-order valence-corrected chi connectivity index (χ0v) is 30.2. The molecule has 0 N–H and O–H groups in total. The summed E-state index contributed by atoms with van der Waals surface area (Å²) in [6, 6.07) is 25.4. The average Bonchev–Trinajstić information content (AvgIpc) is 3.52. The van der Waals surface area contributed by atoms with Crippen LogP contribution in [0.3, 0.4) is 0 Å². The number of carbonyl (C=O) groups excluding carboxylic acids is 2. The molecule has 1 amide bonds. The molecule has 2 aliphatic heterocycles. The Morgan fingerprint density at radius 1 is 0.898 bits per heavy atom. The predicted molar refractivity (Wildman–Crippen MR) is 206 cm³/mol. The number of carbonyl (C=O) groups is 2. The van der Waals surface area contributed by atoms with Crippen LogP contribution in [0.25, 0.3) is 22.6 Å². The summed E-state index contributed by atoms with van der Waals surface area (Å²) in [5.41, 5.74) is 7.70. The number of fused-ring (bicyclic) bond motifs is 2. The maximum absolute atomic E-state index is 13.8. The summed E-state index contributed by atoms with van der Waals surface area (Å²) in [6.07, 6.45) is 10.7. The van der Waals surface area contributed by atoms with E-state index in [4.69, 9.17) is 17.0 Å². The number of para-hydroxylation sites is 1. The van der Waals surface area contributed by atoms with Gasteiger partial charge in [-0.3, -0.25) is 23.9 Å². The lowest BCUT2D eigenvalue weighted by Gasteiger charge is -2.27. The molecule has 3 aromatic carbocycles. The number of thiocarbonyl (C=S) groups is 1. The molecule has 0 spiro atoms. The Morgan fingerprint density at radius 2 is 1.65 bits per heavy atom. The SMILES string of the molecule is CCCCCCN1c2ccccc2CCc2cc(/C=C(/C=c3/s/c(=C4/SC(=S)N(CC)C4=O)n(COC=O)c3=O)c3ccccc3)ccc21. The van der Waals surface area contributed by atoms with Gasteiger partial charge in [0.1, 0.15) is 13.9 Å². The van der Waals surface area contributed by atoms with Crippen LogP contribution < -0.4 is 19.7 Å². The molecule has 1 aromatic heterocycles. The van der Waals surface area contributed by atoms with Gasteiger partial charge in [-0.1, -0.05) is 105 Å². The Balaban J connectivity index is 1.46. The number of benzene rings is 3. The van der Waals surface area contributed by atoms with Crippen molar-refractivity contribution in [2.75, 3.05) is 18.0 Å². The summed E-state index contributed by atoms with van der Waals surface area (Å²) >= 11 is 7.80. The van der Waals surface area contributed by atoms with Crippen molar-refractivity contribution in [3.63, 3.8) is 0 Å². The van der Waals surface area contributed by atoms with Crippen molar-refractivity contribution in [1.29, 1.82) is 0 Å². The molecule has 4 aromatic rings. The van der Waals surface area contributed by atoms with E-state index in [-0.39, 0.29) is 18.2 Å². The number of aryl methyl sites for hydroxylation is 2. The number of allylic oxidation sites excluding steroid dienone is 1. The summed E-state index contributed by atoms with van der Waals surface area (Å²) < 4.78 is 7.64. The molecule has 0 radical (unpaired) electrons. The Morgan fingerprint density at radius 3 is 2.41 bits per heavy atom. The predicted octanol–water partition coefficient (Wildman–Crippen LogP) is 6.87. The second kappa shape index (κ2) is 16.0. The molecular weight excluding hydrogens is 671 g/mol. The van der Waals surface area contributed by atoms with E-state index in [1.54, 1.807) is 0 Å². The second-order valence-electron chi connectivity index (χ2n) is 12.0. The lowest BCUT2D eigenvalue weighted by atomic mass is 9.99. The first kappa shape index (κ1) is 34.6. The Hall–Kier alpha value is -4.25. The number of anilines is 2. The highest BCUT2D eigenvalue weighted by atomic mass is 32.2. The third-order valence-corrected chi connectivity index (χ3v) is 11.5. The zero-order valence-electron chi connectivity index (χ0n) is 27.7. The van der Waals surface area contributed by atoms with Crippen molar-refractivity contribution in [3.05, 3.63) is 115 Å². The quantitative estimate of drug-likeness (QED) is 0.0689. The fraction of sp³-hybridized carbons (Fsp3) is 0.282. The summed E-state index contributed by atoms with van der Waals surface area (Å²) in [5, 5.41) is 0. The molecular formula is C39H39N3O4S3. The molecule has 0 atom stereocenters. The van der Waals surface area contributed by atoms with E-state index in [0.717, 1.165) is 54.3 Å². The monoisotopic (exact) mass is 709 g/mol. The number of hydrogen-bond acceptors (Lipinski definition) is 8. The van der Waals surface area contributed by atoms with Crippen LogP contribution in [0.5, 0.6) is 0 Å². The van der Waals surface area contributed by atoms with Gasteiger partial charge in [-0.15, -0.1) is 11.3 Å². The third-order valence-electron chi connectivity index (χ3n) is 8.83. The van der Waals surface area contributed by atoms with Crippen LogP contribution in [0.1, 0.15) is 61.8 Å². The molecule has 6 rings (SSSR count). The smallest absolute Gasteiger partial charge is 0.294 e. The first-order valence-corrected chi connectivity index (χ1v) is 18.8. The fourth-order valence-corrected chi connectivity index (χ4v) is 8.97. The number of thioether (sulfide) groups is 1. The first-order valence-electron chi connectivity index (χ1n) is 16.7. The van der Waals surface area contributed by atoms with Crippen molar-refractivity contribution in [2.24, 2.45) is 0 Å². The summed E-state index contributed by atoms with van der Waals surface area (Å²) in [6.45, 7) is 5.50. The van der Waals surface area contributed by atoms with E-state index in [9.17, 15) is 14.4 Å². The van der Waals surface area contributed by atoms with Crippen LogP contribution in [0.2, 0.25) is 0 Å². The van der Waals surface area contributed by atoms with E-state index < -0.39 is 0 Å². The minimum absolute atomic E-state index is 0.254. The fourth-order valence-electron chi connectivity index (χ4n) is 6.35. The highest BCUT2D eigenvalue weighted by Crippen LogP contribution is 2.37. The van der Waals surface area contributed by atoms with Gasteiger partial charge in [0.05, 0.1) is 4.53 Å². The number of nitrogens with zero attached hydrogens (tertiary/aromatic N) is 3. The lowest BCUT2D eigenvalue weighted by Crippen LogP contribution is -2.34. The molecule has 1 fully saturated rings. The summed E-state index contributed by atoms with van der Waals surface area (Å²) in [4.78, 5) is 42.6. The second-order valence-corrected chi connectivity index (χ2v) is 14.7. The topological polar surface area (TPSA) is 71.8 Å². The van der Waals surface area contributed by atoms with Crippen LogP contribution in [0.15, 0.2) is 77.6 Å². The van der Waals surface area contributed by atoms with Crippen molar-refractivity contribution < 1.29 is 14.3 Å². The van der Waals surface area contributed by atoms with Gasteiger partial charge in [0, 0.05) is 24.5 Å². The molecule has 0 saturated carbocycles. The van der Waals surface area contributed by atoms with Crippen LogP contribution in [-0.2, 0) is 33.9 Å². The Bertz CT molecular complexity index is 2080. The van der Waals surface area contributed by atoms with Crippen molar-refractivity contribution in [3.8, 4) is 0 Å². The summed E-state index contributed by atoms with van der Waals surface area (Å²) in [5.74, 6) is -0.254. The molecule has 2 aliphatic rings. The molecule has 10 heteroatoms. The van der Waals surface area contributed by atoms with Crippen LogP contribution >= 0.6 is 35.3 Å². The van der Waals surface area contributed by atoms with E-state index >= 15 is 0 Å². The Labute approximate surface area is 300 Å². The largest absolute Gasteiger partial charge is 0.446 e. The molecule has 49 heavy (non-hydrogen) atoms. The first-order chi connectivity index (χ1) is 23.9. The van der Waals surface area contributed by atoms with Gasteiger partial charge in [0.25, 0.3) is 17.9 Å². The van der Waals surface area contributed by atoms with Gasteiger partial charge >= 0.3 is 0 Å². The molecule has 7 nitrogen and oxygen atoms in total. The van der Waals surface area contributed by atoms with Crippen molar-refractivity contribution in [2.45, 2.75) is 59.1 Å². The van der Waals surface area contributed by atoms with E-state index in [0.29, 0.717) is 31.4 Å². The molecule has 252 valence electrons. The highest BCUT2D eigenvalue weighted by Gasteiger charge is 2.33. The maximum Gasteiger partial charge on any atom is 0.294 e. The minimum Gasteiger partial charge on any atom is -0.446 e. The highest BCUT2D eigenvalue weighted by molar-refractivity contribution is 8.30. The molecule has 0 aliphatic carbocycles. The van der Waals surface area contributed by atoms with Crippen LogP contribution in [0, 0.1) is 0 Å². The number of rotatable bonds is 12. The maximum atomic E-state index is 13.8. The van der Waals surface area contributed by atoms with Gasteiger partial charge in [-0.25, -0.2) is 0 Å². The van der Waals surface area contributed by atoms with Crippen molar-refractivity contribution >= 4 is 86.0 Å². The Kier molecular flexibility index (Phi) is 11.3.